The summed E-state index contributed by atoms with van der Waals surface area (Å²) in [4.78, 5) is 0. The van der Waals surface area contributed by atoms with Crippen LogP contribution >= 0.6 is 0 Å². The summed E-state index contributed by atoms with van der Waals surface area (Å²) in [7, 11) is 0. The van der Waals surface area contributed by atoms with E-state index in [0.29, 0.717) is 5.41 Å². The Morgan fingerprint density at radius 2 is 1.47 bits per heavy atom. The molecule has 0 radical (unpaired) electrons. The van der Waals surface area contributed by atoms with E-state index in [1.807, 2.05) is 0 Å². The van der Waals surface area contributed by atoms with Crippen molar-refractivity contribution >= 4 is 0 Å². The number of hydrogen-bond acceptors (Lipinski definition) is 2. The number of rotatable bonds is 8. The SMILES string of the molecule is CCNCC(C)(C)CC.CCNCC(C)CC. The first kappa shape index (κ1) is 19.3. The van der Waals surface area contributed by atoms with Gasteiger partial charge in [-0.05, 0) is 37.4 Å². The lowest BCUT2D eigenvalue weighted by atomic mass is 9.90. The monoisotopic (exact) mass is 244 g/mol. The molecule has 1 unspecified atom stereocenters. The van der Waals surface area contributed by atoms with E-state index >= 15 is 0 Å². The molecule has 0 aliphatic heterocycles. The molecule has 106 valence electrons. The molecule has 0 fully saturated rings. The van der Waals surface area contributed by atoms with Gasteiger partial charge in [0.2, 0.25) is 0 Å². The highest BCUT2D eigenvalue weighted by atomic mass is 14.9. The zero-order valence-corrected chi connectivity index (χ0v) is 13.3. The zero-order valence-electron chi connectivity index (χ0n) is 13.3. The van der Waals surface area contributed by atoms with Gasteiger partial charge in [0.05, 0.1) is 0 Å². The minimum atomic E-state index is 0.482. The lowest BCUT2D eigenvalue weighted by Crippen LogP contribution is -2.28. The second-order valence-electron chi connectivity index (χ2n) is 5.62. The Bertz CT molecular complexity index is 144. The Labute approximate surface area is 110 Å². The summed E-state index contributed by atoms with van der Waals surface area (Å²) in [6.07, 6.45) is 2.53. The average molecular weight is 244 g/mol. The predicted molar refractivity (Wildman–Crippen MR) is 80.6 cm³/mol. The van der Waals surface area contributed by atoms with Gasteiger partial charge in [0.25, 0.3) is 0 Å². The molecule has 1 atom stereocenters. The first-order valence-corrected chi connectivity index (χ1v) is 7.34. The molecule has 0 aliphatic carbocycles. The Kier molecular flexibility index (Phi) is 14.0. The molecule has 0 heterocycles. The van der Waals surface area contributed by atoms with Crippen LogP contribution in [0.4, 0.5) is 0 Å². The molecule has 0 saturated carbocycles. The third-order valence-electron chi connectivity index (χ3n) is 3.25. The van der Waals surface area contributed by atoms with Gasteiger partial charge in [0.1, 0.15) is 0 Å². The molecule has 0 aromatic carbocycles. The molecular weight excluding hydrogens is 208 g/mol. The van der Waals surface area contributed by atoms with E-state index in [1.54, 1.807) is 0 Å². The Hall–Kier alpha value is -0.0800. The van der Waals surface area contributed by atoms with Crippen molar-refractivity contribution in [3.8, 4) is 0 Å². The Morgan fingerprint density at radius 3 is 1.82 bits per heavy atom. The molecule has 0 saturated heterocycles. The first-order chi connectivity index (χ1) is 7.93. The summed E-state index contributed by atoms with van der Waals surface area (Å²) in [5.74, 6) is 0.843. The first-order valence-electron chi connectivity index (χ1n) is 7.34. The molecule has 17 heavy (non-hydrogen) atoms. The van der Waals surface area contributed by atoms with Crippen LogP contribution in [0.15, 0.2) is 0 Å². The summed E-state index contributed by atoms with van der Waals surface area (Å²) in [6.45, 7) is 20.1. The van der Waals surface area contributed by atoms with Gasteiger partial charge >= 0.3 is 0 Å². The van der Waals surface area contributed by atoms with Crippen molar-refractivity contribution in [3.63, 3.8) is 0 Å². The fourth-order valence-corrected chi connectivity index (χ4v) is 1.12. The van der Waals surface area contributed by atoms with Gasteiger partial charge in [-0.3, -0.25) is 0 Å². The van der Waals surface area contributed by atoms with Crippen molar-refractivity contribution in [1.82, 2.24) is 10.6 Å². The van der Waals surface area contributed by atoms with Gasteiger partial charge in [-0.1, -0.05) is 54.9 Å². The van der Waals surface area contributed by atoms with E-state index in [1.165, 1.54) is 19.4 Å². The van der Waals surface area contributed by atoms with Gasteiger partial charge < -0.3 is 10.6 Å². The molecule has 0 aromatic heterocycles. The minimum Gasteiger partial charge on any atom is -0.317 e. The van der Waals surface area contributed by atoms with E-state index in [2.05, 4.69) is 59.1 Å². The van der Waals surface area contributed by atoms with Gasteiger partial charge in [0.15, 0.2) is 0 Å². The quantitative estimate of drug-likeness (QED) is 0.681. The van der Waals surface area contributed by atoms with Crippen LogP contribution in [0.25, 0.3) is 0 Å². The number of nitrogens with one attached hydrogen (secondary N) is 2. The average Bonchev–Trinajstić information content (AvgIpc) is 2.34. The molecule has 0 rings (SSSR count). The Morgan fingerprint density at radius 1 is 0.941 bits per heavy atom. The third-order valence-corrected chi connectivity index (χ3v) is 3.25. The van der Waals surface area contributed by atoms with Crippen LogP contribution in [-0.4, -0.2) is 26.2 Å². The van der Waals surface area contributed by atoms with Crippen LogP contribution in [0.5, 0.6) is 0 Å². The highest BCUT2D eigenvalue weighted by Gasteiger charge is 2.12. The van der Waals surface area contributed by atoms with Crippen molar-refractivity contribution < 1.29 is 0 Å². The van der Waals surface area contributed by atoms with E-state index < -0.39 is 0 Å². The largest absolute Gasteiger partial charge is 0.317 e. The third kappa shape index (κ3) is 15.9. The van der Waals surface area contributed by atoms with Crippen LogP contribution in [0.1, 0.15) is 61.3 Å². The van der Waals surface area contributed by atoms with E-state index in [-0.39, 0.29) is 0 Å². The van der Waals surface area contributed by atoms with E-state index in [9.17, 15) is 0 Å². The van der Waals surface area contributed by atoms with Crippen molar-refractivity contribution in [2.45, 2.75) is 61.3 Å². The maximum absolute atomic E-state index is 3.34. The molecule has 2 N–H and O–H groups in total. The molecule has 0 amide bonds. The minimum absolute atomic E-state index is 0.482. The maximum atomic E-state index is 3.34. The highest BCUT2D eigenvalue weighted by molar-refractivity contribution is 4.68. The number of hydrogen-bond donors (Lipinski definition) is 2. The molecule has 2 heteroatoms. The molecule has 0 bridgehead atoms. The van der Waals surface area contributed by atoms with Crippen LogP contribution in [0.2, 0.25) is 0 Å². The highest BCUT2D eigenvalue weighted by Crippen LogP contribution is 2.17. The fraction of sp³-hybridized carbons (Fsp3) is 1.00. The van der Waals surface area contributed by atoms with Crippen molar-refractivity contribution in [2.75, 3.05) is 26.2 Å². The van der Waals surface area contributed by atoms with Gasteiger partial charge in [-0.15, -0.1) is 0 Å². The summed E-state index contributed by atoms with van der Waals surface area (Å²) in [5.41, 5.74) is 0.482. The van der Waals surface area contributed by atoms with Crippen LogP contribution in [0.3, 0.4) is 0 Å². The van der Waals surface area contributed by atoms with Crippen LogP contribution in [-0.2, 0) is 0 Å². The predicted octanol–water partition coefficient (Wildman–Crippen LogP) is 3.67. The lowest BCUT2D eigenvalue weighted by molar-refractivity contribution is 0.332. The zero-order chi connectivity index (χ0) is 13.7. The van der Waals surface area contributed by atoms with E-state index in [4.69, 9.17) is 0 Å². The lowest BCUT2D eigenvalue weighted by Gasteiger charge is -2.22. The van der Waals surface area contributed by atoms with Crippen molar-refractivity contribution in [3.05, 3.63) is 0 Å². The summed E-state index contributed by atoms with van der Waals surface area (Å²) < 4.78 is 0. The van der Waals surface area contributed by atoms with Gasteiger partial charge in [0, 0.05) is 6.54 Å². The van der Waals surface area contributed by atoms with Crippen molar-refractivity contribution in [1.29, 1.82) is 0 Å². The van der Waals surface area contributed by atoms with Crippen LogP contribution in [0, 0.1) is 11.3 Å². The smallest absolute Gasteiger partial charge is 0.000230 e. The molecule has 0 aromatic rings. The van der Waals surface area contributed by atoms with E-state index in [0.717, 1.165) is 25.6 Å². The summed E-state index contributed by atoms with van der Waals surface area (Å²) in [6, 6.07) is 0. The maximum Gasteiger partial charge on any atom is 0.000230 e. The van der Waals surface area contributed by atoms with Gasteiger partial charge in [-0.25, -0.2) is 0 Å². The normalized spacial score (nSPS) is 12.9. The second-order valence-corrected chi connectivity index (χ2v) is 5.62. The fourth-order valence-electron chi connectivity index (χ4n) is 1.12. The molecule has 0 spiro atoms. The summed E-state index contributed by atoms with van der Waals surface area (Å²) >= 11 is 0. The topological polar surface area (TPSA) is 24.1 Å². The van der Waals surface area contributed by atoms with Crippen LogP contribution < -0.4 is 10.6 Å². The second kappa shape index (κ2) is 12.4. The standard InChI is InChI=1S/C8H19N.C7H17N/c1-5-8(3,4)7-9-6-2;1-4-7(3)6-8-5-2/h9H,5-7H2,1-4H3;7-8H,4-6H2,1-3H3. The Balaban J connectivity index is 0. The molecule has 0 aliphatic rings. The van der Waals surface area contributed by atoms with Crippen molar-refractivity contribution in [2.24, 2.45) is 11.3 Å². The van der Waals surface area contributed by atoms with Gasteiger partial charge in [-0.2, -0.15) is 0 Å². The summed E-state index contributed by atoms with van der Waals surface area (Å²) in [5, 5.41) is 6.64. The molecular formula is C15H36N2. The molecule has 2 nitrogen and oxygen atoms in total.